The van der Waals surface area contributed by atoms with E-state index in [1.165, 1.54) is 6.07 Å². The van der Waals surface area contributed by atoms with Gasteiger partial charge in [-0.05, 0) is 25.5 Å². The Morgan fingerprint density at radius 2 is 2.12 bits per heavy atom. The summed E-state index contributed by atoms with van der Waals surface area (Å²) in [5, 5.41) is 12.1. The summed E-state index contributed by atoms with van der Waals surface area (Å²) in [5.41, 5.74) is 1.39. The summed E-state index contributed by atoms with van der Waals surface area (Å²) in [6, 6.07) is 6.36. The number of benzene rings is 1. The van der Waals surface area contributed by atoms with Gasteiger partial charge in [0.15, 0.2) is 0 Å². The van der Waals surface area contributed by atoms with Gasteiger partial charge in [-0.2, -0.15) is 5.26 Å². The number of aryl methyl sites for hydroxylation is 1. The molecule has 0 spiro atoms. The summed E-state index contributed by atoms with van der Waals surface area (Å²) in [4.78, 5) is 0. The number of rotatable bonds is 4. The first-order valence-corrected chi connectivity index (χ1v) is 5.43. The molecular formula is C13H17FN2. The Hall–Kier alpha value is -1.40. The Morgan fingerprint density at radius 3 is 2.69 bits per heavy atom. The van der Waals surface area contributed by atoms with Crippen molar-refractivity contribution in [3.05, 3.63) is 35.1 Å². The lowest BCUT2D eigenvalue weighted by atomic mass is 10.0. The average Bonchev–Trinajstić information content (AvgIpc) is 2.23. The zero-order valence-corrected chi connectivity index (χ0v) is 9.92. The van der Waals surface area contributed by atoms with Gasteiger partial charge in [0.05, 0.1) is 6.07 Å². The highest BCUT2D eigenvalue weighted by Crippen LogP contribution is 2.18. The second kappa shape index (κ2) is 5.62. The van der Waals surface area contributed by atoms with E-state index in [0.29, 0.717) is 18.0 Å². The molecule has 16 heavy (non-hydrogen) atoms. The van der Waals surface area contributed by atoms with E-state index in [9.17, 15) is 4.39 Å². The normalized spacial score (nSPS) is 12.5. The van der Waals surface area contributed by atoms with E-state index < -0.39 is 6.04 Å². The van der Waals surface area contributed by atoms with Crippen LogP contribution in [-0.4, -0.2) is 6.54 Å². The van der Waals surface area contributed by atoms with Crippen molar-refractivity contribution in [2.75, 3.05) is 6.54 Å². The zero-order chi connectivity index (χ0) is 12.1. The molecule has 1 rings (SSSR count). The van der Waals surface area contributed by atoms with E-state index in [2.05, 4.69) is 11.4 Å². The zero-order valence-electron chi connectivity index (χ0n) is 9.92. The summed E-state index contributed by atoms with van der Waals surface area (Å²) in [5.74, 6) is 0.108. The summed E-state index contributed by atoms with van der Waals surface area (Å²) >= 11 is 0. The fourth-order valence-corrected chi connectivity index (χ4v) is 1.46. The van der Waals surface area contributed by atoms with Crippen molar-refractivity contribution < 1.29 is 4.39 Å². The fraction of sp³-hybridized carbons (Fsp3) is 0.462. The lowest BCUT2D eigenvalue weighted by Crippen LogP contribution is -2.25. The third kappa shape index (κ3) is 3.32. The van der Waals surface area contributed by atoms with Crippen molar-refractivity contribution >= 4 is 0 Å². The van der Waals surface area contributed by atoms with Crippen LogP contribution in [0, 0.1) is 30.0 Å². The number of nitrogens with zero attached hydrogens (tertiary/aromatic N) is 1. The minimum absolute atomic E-state index is 0.326. The van der Waals surface area contributed by atoms with Crippen LogP contribution in [0.5, 0.6) is 0 Å². The van der Waals surface area contributed by atoms with Gasteiger partial charge in [-0.1, -0.05) is 31.5 Å². The Kier molecular flexibility index (Phi) is 4.45. The molecule has 0 aromatic heterocycles. The van der Waals surface area contributed by atoms with Gasteiger partial charge < -0.3 is 0 Å². The van der Waals surface area contributed by atoms with Crippen LogP contribution < -0.4 is 5.32 Å². The Bertz CT molecular complexity index is 393. The largest absolute Gasteiger partial charge is 0.298 e. The predicted molar refractivity (Wildman–Crippen MR) is 62.3 cm³/mol. The highest BCUT2D eigenvalue weighted by atomic mass is 19.1. The lowest BCUT2D eigenvalue weighted by Gasteiger charge is -2.14. The molecule has 86 valence electrons. The van der Waals surface area contributed by atoms with Gasteiger partial charge in [0.2, 0.25) is 0 Å². The van der Waals surface area contributed by atoms with Crippen LogP contribution in [0.3, 0.4) is 0 Å². The first-order valence-electron chi connectivity index (χ1n) is 5.43. The summed E-state index contributed by atoms with van der Waals surface area (Å²) in [6.07, 6.45) is 0. The van der Waals surface area contributed by atoms with Crippen LogP contribution in [0.15, 0.2) is 18.2 Å². The second-order valence-electron chi connectivity index (χ2n) is 4.39. The standard InChI is InChI=1S/C13H17FN2/c1-9(2)8-16-13(7-15)11-6-10(3)4-5-12(11)14/h4-6,9,13,16H,8H2,1-3H3. The molecule has 0 saturated heterocycles. The number of halogens is 1. The third-order valence-corrected chi connectivity index (χ3v) is 2.32. The van der Waals surface area contributed by atoms with Crippen molar-refractivity contribution in [1.82, 2.24) is 5.32 Å². The van der Waals surface area contributed by atoms with Crippen molar-refractivity contribution in [3.63, 3.8) is 0 Å². The van der Waals surface area contributed by atoms with E-state index >= 15 is 0 Å². The topological polar surface area (TPSA) is 35.8 Å². The Morgan fingerprint density at radius 1 is 1.44 bits per heavy atom. The van der Waals surface area contributed by atoms with Gasteiger partial charge in [0, 0.05) is 5.56 Å². The summed E-state index contributed by atoms with van der Waals surface area (Å²) in [7, 11) is 0. The Labute approximate surface area is 96.1 Å². The molecule has 1 unspecified atom stereocenters. The van der Waals surface area contributed by atoms with Crippen LogP contribution in [0.1, 0.15) is 31.0 Å². The maximum absolute atomic E-state index is 13.5. The van der Waals surface area contributed by atoms with Crippen molar-refractivity contribution in [3.8, 4) is 6.07 Å². The molecule has 1 atom stereocenters. The van der Waals surface area contributed by atoms with Gasteiger partial charge in [-0.15, -0.1) is 0 Å². The number of hydrogen-bond acceptors (Lipinski definition) is 2. The van der Waals surface area contributed by atoms with E-state index in [1.807, 2.05) is 20.8 Å². The molecule has 1 N–H and O–H groups in total. The molecule has 3 heteroatoms. The maximum Gasteiger partial charge on any atom is 0.129 e. The minimum atomic E-state index is -0.567. The molecule has 2 nitrogen and oxygen atoms in total. The van der Waals surface area contributed by atoms with Crippen LogP contribution in [-0.2, 0) is 0 Å². The second-order valence-corrected chi connectivity index (χ2v) is 4.39. The summed E-state index contributed by atoms with van der Waals surface area (Å²) < 4.78 is 13.5. The monoisotopic (exact) mass is 220 g/mol. The molecular weight excluding hydrogens is 203 g/mol. The predicted octanol–water partition coefficient (Wildman–Crippen LogP) is 2.94. The average molecular weight is 220 g/mol. The van der Waals surface area contributed by atoms with E-state index in [0.717, 1.165) is 5.56 Å². The summed E-state index contributed by atoms with van der Waals surface area (Å²) in [6.45, 7) is 6.69. The minimum Gasteiger partial charge on any atom is -0.298 e. The number of nitrogens with one attached hydrogen (secondary N) is 1. The van der Waals surface area contributed by atoms with Crippen molar-refractivity contribution in [1.29, 1.82) is 5.26 Å². The third-order valence-electron chi connectivity index (χ3n) is 2.32. The van der Waals surface area contributed by atoms with Crippen molar-refractivity contribution in [2.45, 2.75) is 26.8 Å². The molecule has 0 aliphatic rings. The van der Waals surface area contributed by atoms with Crippen LogP contribution in [0.25, 0.3) is 0 Å². The fourth-order valence-electron chi connectivity index (χ4n) is 1.46. The number of nitriles is 1. The maximum atomic E-state index is 13.5. The Balaban J connectivity index is 2.87. The van der Waals surface area contributed by atoms with Gasteiger partial charge in [-0.25, -0.2) is 4.39 Å². The first-order chi connectivity index (χ1) is 7.54. The first kappa shape index (κ1) is 12.7. The molecule has 0 fully saturated rings. The molecule has 0 aliphatic carbocycles. The molecule has 1 aromatic rings. The quantitative estimate of drug-likeness (QED) is 0.846. The molecule has 1 aromatic carbocycles. The van der Waals surface area contributed by atoms with Gasteiger partial charge in [0.25, 0.3) is 0 Å². The van der Waals surface area contributed by atoms with Crippen LogP contribution in [0.4, 0.5) is 4.39 Å². The van der Waals surface area contributed by atoms with Gasteiger partial charge >= 0.3 is 0 Å². The smallest absolute Gasteiger partial charge is 0.129 e. The van der Waals surface area contributed by atoms with Crippen molar-refractivity contribution in [2.24, 2.45) is 5.92 Å². The van der Waals surface area contributed by atoms with Gasteiger partial charge in [0.1, 0.15) is 11.9 Å². The lowest BCUT2D eigenvalue weighted by molar-refractivity contribution is 0.507. The SMILES string of the molecule is Cc1ccc(F)c(C(C#N)NCC(C)C)c1. The molecule has 0 amide bonds. The highest BCUT2D eigenvalue weighted by Gasteiger charge is 2.14. The van der Waals surface area contributed by atoms with Crippen LogP contribution >= 0.6 is 0 Å². The molecule has 0 aliphatic heterocycles. The van der Waals surface area contributed by atoms with E-state index in [-0.39, 0.29) is 5.82 Å². The highest BCUT2D eigenvalue weighted by molar-refractivity contribution is 5.30. The molecule has 0 heterocycles. The van der Waals surface area contributed by atoms with E-state index in [4.69, 9.17) is 5.26 Å². The van der Waals surface area contributed by atoms with Crippen LogP contribution in [0.2, 0.25) is 0 Å². The van der Waals surface area contributed by atoms with E-state index in [1.54, 1.807) is 12.1 Å². The number of hydrogen-bond donors (Lipinski definition) is 1. The van der Waals surface area contributed by atoms with Gasteiger partial charge in [-0.3, -0.25) is 5.32 Å². The molecule has 0 bridgehead atoms. The molecule has 0 saturated carbocycles. The molecule has 0 radical (unpaired) electrons.